The Morgan fingerprint density at radius 1 is 0.935 bits per heavy atom. The highest BCUT2D eigenvalue weighted by Gasteiger charge is 2.41. The molecule has 2 aromatic rings. The number of carbonyl (C=O) groups is 4. The first-order valence-corrected chi connectivity index (χ1v) is 9.61. The van der Waals surface area contributed by atoms with Gasteiger partial charge in [-0.1, -0.05) is 30.8 Å². The summed E-state index contributed by atoms with van der Waals surface area (Å²) < 4.78 is 0. The number of anilines is 2. The van der Waals surface area contributed by atoms with E-state index >= 15 is 0 Å². The van der Waals surface area contributed by atoms with E-state index in [-0.39, 0.29) is 11.5 Å². The van der Waals surface area contributed by atoms with Crippen LogP contribution in [0.25, 0.3) is 0 Å². The molecule has 0 radical (unpaired) electrons. The van der Waals surface area contributed by atoms with Crippen LogP contribution in [0.4, 0.5) is 16.2 Å². The average Bonchev–Trinajstić information content (AvgIpc) is 3.02. The van der Waals surface area contributed by atoms with Crippen molar-refractivity contribution in [2.75, 3.05) is 9.91 Å². The van der Waals surface area contributed by atoms with Gasteiger partial charge in [0.15, 0.2) is 0 Å². The minimum atomic E-state index is -0.945. The van der Waals surface area contributed by atoms with Crippen LogP contribution in [0.5, 0.6) is 0 Å². The van der Waals surface area contributed by atoms with Crippen LogP contribution in [0, 0.1) is 19.8 Å². The molecule has 2 fully saturated rings. The first-order valence-electron chi connectivity index (χ1n) is 9.61. The quantitative estimate of drug-likeness (QED) is 0.592. The minimum absolute atomic E-state index is 0.297. The standard InChI is InChI=1S/C23H20N4O4/c1-13-9-10-17(11-14(13)2)26-21(29)19(20(28)24-23(26)31)12-18-15(3)25-27(22(18)30)16-7-5-4-6-8-16/h4-12,18,25H,3H2,1-2H3,(H,24,28,31)/b19-12+/t18-/m1/s1. The summed E-state index contributed by atoms with van der Waals surface area (Å²) >= 11 is 0. The monoisotopic (exact) mass is 416 g/mol. The molecule has 0 saturated carbocycles. The maximum absolute atomic E-state index is 13.1. The number of urea groups is 1. The number of benzene rings is 2. The van der Waals surface area contributed by atoms with Crippen LogP contribution in [-0.4, -0.2) is 23.8 Å². The van der Waals surface area contributed by atoms with Gasteiger partial charge >= 0.3 is 6.03 Å². The van der Waals surface area contributed by atoms with E-state index in [1.54, 1.807) is 42.5 Å². The molecule has 0 unspecified atom stereocenters. The average molecular weight is 416 g/mol. The third kappa shape index (κ3) is 3.48. The first kappa shape index (κ1) is 20.1. The van der Waals surface area contributed by atoms with Gasteiger partial charge in [-0.15, -0.1) is 0 Å². The second kappa shape index (κ2) is 7.56. The number of hydrogen-bond acceptors (Lipinski definition) is 5. The van der Waals surface area contributed by atoms with Crippen molar-refractivity contribution in [3.05, 3.63) is 83.6 Å². The van der Waals surface area contributed by atoms with E-state index in [0.717, 1.165) is 16.0 Å². The normalized spacial score (nSPS) is 20.4. The number of nitrogens with one attached hydrogen (secondary N) is 2. The molecule has 2 heterocycles. The third-order valence-corrected chi connectivity index (χ3v) is 5.32. The fourth-order valence-corrected chi connectivity index (χ4v) is 3.44. The molecule has 4 rings (SSSR count). The van der Waals surface area contributed by atoms with Crippen molar-refractivity contribution in [3.8, 4) is 0 Å². The Morgan fingerprint density at radius 3 is 2.32 bits per heavy atom. The summed E-state index contributed by atoms with van der Waals surface area (Å²) in [5.41, 5.74) is 5.72. The highest BCUT2D eigenvalue weighted by atomic mass is 16.2. The Balaban J connectivity index is 1.67. The fourth-order valence-electron chi connectivity index (χ4n) is 3.44. The van der Waals surface area contributed by atoms with E-state index in [1.807, 2.05) is 19.9 Å². The lowest BCUT2D eigenvalue weighted by Gasteiger charge is -2.27. The molecule has 0 aliphatic carbocycles. The molecular weight excluding hydrogens is 396 g/mol. The molecule has 0 spiro atoms. The summed E-state index contributed by atoms with van der Waals surface area (Å²) in [7, 11) is 0. The molecular formula is C23H20N4O4. The number of nitrogens with zero attached hydrogens (tertiary/aromatic N) is 2. The van der Waals surface area contributed by atoms with Gasteiger partial charge in [-0.3, -0.25) is 25.1 Å². The van der Waals surface area contributed by atoms with Crippen LogP contribution in [0.3, 0.4) is 0 Å². The topological polar surface area (TPSA) is 98.8 Å². The lowest BCUT2D eigenvalue weighted by molar-refractivity contribution is -0.122. The van der Waals surface area contributed by atoms with Crippen molar-refractivity contribution in [1.29, 1.82) is 0 Å². The molecule has 5 amide bonds. The van der Waals surface area contributed by atoms with Gasteiger partial charge in [0, 0.05) is 5.70 Å². The van der Waals surface area contributed by atoms with Gasteiger partial charge in [0.1, 0.15) is 11.5 Å². The Bertz CT molecular complexity index is 1170. The highest BCUT2D eigenvalue weighted by Crippen LogP contribution is 2.28. The summed E-state index contributed by atoms with van der Waals surface area (Å²) in [6.45, 7) is 7.62. The maximum Gasteiger partial charge on any atom is 0.335 e. The number of hydrogen-bond donors (Lipinski definition) is 2. The summed E-state index contributed by atoms with van der Waals surface area (Å²) in [5.74, 6) is -2.98. The van der Waals surface area contributed by atoms with Gasteiger partial charge in [-0.25, -0.2) is 14.7 Å². The number of imide groups is 2. The molecule has 0 bridgehead atoms. The molecule has 2 aliphatic heterocycles. The van der Waals surface area contributed by atoms with Gasteiger partial charge in [-0.2, -0.15) is 0 Å². The second-order valence-corrected chi connectivity index (χ2v) is 7.37. The van der Waals surface area contributed by atoms with Crippen molar-refractivity contribution in [2.45, 2.75) is 13.8 Å². The number of amides is 5. The second-order valence-electron chi connectivity index (χ2n) is 7.37. The third-order valence-electron chi connectivity index (χ3n) is 5.32. The number of hydrazine groups is 1. The maximum atomic E-state index is 13.1. The largest absolute Gasteiger partial charge is 0.335 e. The number of para-hydroxylation sites is 1. The lowest BCUT2D eigenvalue weighted by Crippen LogP contribution is -2.54. The molecule has 2 N–H and O–H groups in total. The molecule has 2 aliphatic rings. The number of carbonyl (C=O) groups excluding carboxylic acids is 4. The number of aryl methyl sites for hydroxylation is 2. The molecule has 8 nitrogen and oxygen atoms in total. The molecule has 8 heteroatoms. The number of rotatable bonds is 3. The molecule has 156 valence electrons. The number of barbiturate groups is 1. The summed E-state index contributed by atoms with van der Waals surface area (Å²) in [4.78, 5) is 51.8. The van der Waals surface area contributed by atoms with Crippen molar-refractivity contribution in [1.82, 2.24) is 10.7 Å². The van der Waals surface area contributed by atoms with E-state index in [2.05, 4.69) is 17.3 Å². The van der Waals surface area contributed by atoms with Crippen LogP contribution in [0.2, 0.25) is 0 Å². The van der Waals surface area contributed by atoms with Crippen molar-refractivity contribution in [3.63, 3.8) is 0 Å². The van der Waals surface area contributed by atoms with Crippen LogP contribution < -0.4 is 20.7 Å². The SMILES string of the molecule is C=C1NN(c2ccccc2)C(=O)[C@@H]1/C=C1\C(=O)NC(=O)N(c2ccc(C)c(C)c2)C1=O. The smallest absolute Gasteiger partial charge is 0.295 e. The van der Waals surface area contributed by atoms with E-state index in [0.29, 0.717) is 17.1 Å². The van der Waals surface area contributed by atoms with E-state index in [1.165, 1.54) is 11.1 Å². The highest BCUT2D eigenvalue weighted by molar-refractivity contribution is 6.37. The predicted molar refractivity (Wildman–Crippen MR) is 115 cm³/mol. The Kier molecular flexibility index (Phi) is 4.90. The zero-order chi connectivity index (χ0) is 22.3. The summed E-state index contributed by atoms with van der Waals surface area (Å²) in [6.07, 6.45) is 1.25. The van der Waals surface area contributed by atoms with Gasteiger partial charge in [0.25, 0.3) is 17.7 Å². The minimum Gasteiger partial charge on any atom is -0.295 e. The summed E-state index contributed by atoms with van der Waals surface area (Å²) in [5, 5.41) is 3.48. The zero-order valence-electron chi connectivity index (χ0n) is 17.0. The molecule has 0 aromatic heterocycles. The first-order chi connectivity index (χ1) is 14.8. The van der Waals surface area contributed by atoms with Gasteiger partial charge in [0.05, 0.1) is 11.4 Å². The molecule has 1 atom stereocenters. The zero-order valence-corrected chi connectivity index (χ0v) is 17.0. The van der Waals surface area contributed by atoms with Gasteiger partial charge in [-0.05, 0) is 55.3 Å². The molecule has 2 aromatic carbocycles. The predicted octanol–water partition coefficient (Wildman–Crippen LogP) is 2.49. The van der Waals surface area contributed by atoms with Crippen molar-refractivity contribution in [2.24, 2.45) is 5.92 Å². The van der Waals surface area contributed by atoms with Crippen LogP contribution >= 0.6 is 0 Å². The fraction of sp³-hybridized carbons (Fsp3) is 0.130. The van der Waals surface area contributed by atoms with E-state index in [4.69, 9.17) is 0 Å². The van der Waals surface area contributed by atoms with E-state index in [9.17, 15) is 19.2 Å². The van der Waals surface area contributed by atoms with Crippen molar-refractivity contribution >= 4 is 35.1 Å². The van der Waals surface area contributed by atoms with Crippen molar-refractivity contribution < 1.29 is 19.2 Å². The summed E-state index contributed by atoms with van der Waals surface area (Å²) in [6, 6.07) is 13.1. The molecule has 31 heavy (non-hydrogen) atoms. The van der Waals surface area contributed by atoms with Gasteiger partial charge < -0.3 is 0 Å². The Morgan fingerprint density at radius 2 is 1.65 bits per heavy atom. The van der Waals surface area contributed by atoms with E-state index < -0.39 is 23.8 Å². The Labute approximate surface area is 178 Å². The lowest BCUT2D eigenvalue weighted by atomic mass is 10.00. The molecule has 2 saturated heterocycles. The van der Waals surface area contributed by atoms with Gasteiger partial charge in [0.2, 0.25) is 0 Å². The Hall–Kier alpha value is -4.20. The van der Waals surface area contributed by atoms with Crippen LogP contribution in [0.1, 0.15) is 11.1 Å². The van der Waals surface area contributed by atoms with Crippen LogP contribution in [0.15, 0.2) is 72.5 Å². The van der Waals surface area contributed by atoms with Crippen LogP contribution in [-0.2, 0) is 14.4 Å².